The van der Waals surface area contributed by atoms with E-state index in [-0.39, 0.29) is 0 Å². The molecule has 0 aliphatic carbocycles. The van der Waals surface area contributed by atoms with E-state index in [0.29, 0.717) is 24.1 Å². The Bertz CT molecular complexity index is 392. The van der Waals surface area contributed by atoms with Crippen LogP contribution in [0.15, 0.2) is 18.2 Å². The third-order valence-electron chi connectivity index (χ3n) is 3.80. The molecule has 1 aliphatic heterocycles. The third kappa shape index (κ3) is 2.65. The maximum Gasteiger partial charge on any atom is 0.130 e. The Labute approximate surface area is 101 Å². The summed E-state index contributed by atoms with van der Waals surface area (Å²) in [5, 5.41) is 0. The summed E-state index contributed by atoms with van der Waals surface area (Å²) in [6.45, 7) is 6.02. The highest BCUT2D eigenvalue weighted by Crippen LogP contribution is 2.28. The predicted molar refractivity (Wildman–Crippen MR) is 64.6 cm³/mol. The molecule has 1 aliphatic rings. The van der Waals surface area contributed by atoms with Gasteiger partial charge in [-0.3, -0.25) is 4.90 Å². The van der Waals surface area contributed by atoms with Gasteiger partial charge in [0.05, 0.1) is 0 Å². The Hall–Kier alpha value is -0.960. The lowest BCUT2D eigenvalue weighted by molar-refractivity contribution is 0.214. The van der Waals surface area contributed by atoms with Crippen LogP contribution in [0.1, 0.15) is 32.3 Å². The van der Waals surface area contributed by atoms with Crippen LogP contribution in [-0.2, 0) is 6.54 Å². The molecular formula is C14H19F2N. The molecule has 17 heavy (non-hydrogen) atoms. The van der Waals surface area contributed by atoms with Crippen molar-refractivity contribution in [1.82, 2.24) is 4.90 Å². The number of hydrogen-bond donors (Lipinski definition) is 0. The second-order valence-corrected chi connectivity index (χ2v) is 4.95. The Morgan fingerprint density at radius 2 is 2.12 bits per heavy atom. The number of nitrogens with zero attached hydrogens (tertiary/aromatic N) is 1. The minimum atomic E-state index is -0.506. The van der Waals surface area contributed by atoms with E-state index < -0.39 is 11.6 Å². The van der Waals surface area contributed by atoms with Crippen LogP contribution >= 0.6 is 0 Å². The first-order chi connectivity index (χ1) is 8.11. The number of likely N-dealkylation sites (tertiary alicyclic amines) is 1. The number of rotatable bonds is 3. The quantitative estimate of drug-likeness (QED) is 0.779. The summed E-state index contributed by atoms with van der Waals surface area (Å²) in [5.41, 5.74) is 0.596. The van der Waals surface area contributed by atoms with E-state index in [1.54, 1.807) is 6.07 Å². The lowest BCUT2D eigenvalue weighted by Crippen LogP contribution is -2.31. The summed E-state index contributed by atoms with van der Waals surface area (Å²) in [6.07, 6.45) is 2.26. The standard InChI is InChI=1S/C14H19F2N/c1-3-14-10(2)6-7-17(14)9-11-4-5-12(15)8-13(11)16/h4-5,8,10,14H,3,6-7,9H2,1-2H3/t10-,14-/m0/s1. The molecule has 2 atom stereocenters. The first kappa shape index (κ1) is 12.5. The fraction of sp³-hybridized carbons (Fsp3) is 0.571. The van der Waals surface area contributed by atoms with Crippen molar-refractivity contribution in [2.75, 3.05) is 6.54 Å². The molecule has 1 aromatic rings. The van der Waals surface area contributed by atoms with Gasteiger partial charge in [-0.2, -0.15) is 0 Å². The first-order valence-corrected chi connectivity index (χ1v) is 6.29. The van der Waals surface area contributed by atoms with Gasteiger partial charge < -0.3 is 0 Å². The Morgan fingerprint density at radius 3 is 2.76 bits per heavy atom. The van der Waals surface area contributed by atoms with Crippen molar-refractivity contribution in [3.8, 4) is 0 Å². The molecular weight excluding hydrogens is 220 g/mol. The minimum absolute atomic E-state index is 0.431. The monoisotopic (exact) mass is 239 g/mol. The van der Waals surface area contributed by atoms with Crippen molar-refractivity contribution in [3.63, 3.8) is 0 Å². The zero-order valence-electron chi connectivity index (χ0n) is 10.4. The highest BCUT2D eigenvalue weighted by atomic mass is 19.1. The van der Waals surface area contributed by atoms with Crippen LogP contribution in [0, 0.1) is 17.6 Å². The van der Waals surface area contributed by atoms with Crippen molar-refractivity contribution in [3.05, 3.63) is 35.4 Å². The molecule has 0 radical (unpaired) electrons. The van der Waals surface area contributed by atoms with E-state index in [2.05, 4.69) is 18.7 Å². The van der Waals surface area contributed by atoms with Gasteiger partial charge in [0.25, 0.3) is 0 Å². The molecule has 0 N–H and O–H groups in total. The molecule has 94 valence electrons. The average Bonchev–Trinajstić information content (AvgIpc) is 2.63. The second-order valence-electron chi connectivity index (χ2n) is 4.95. The van der Waals surface area contributed by atoms with Crippen LogP contribution in [0.2, 0.25) is 0 Å². The third-order valence-corrected chi connectivity index (χ3v) is 3.80. The van der Waals surface area contributed by atoms with E-state index >= 15 is 0 Å². The van der Waals surface area contributed by atoms with Gasteiger partial charge in [-0.15, -0.1) is 0 Å². The van der Waals surface area contributed by atoms with Crippen molar-refractivity contribution in [1.29, 1.82) is 0 Å². The molecule has 1 fully saturated rings. The number of benzene rings is 1. The van der Waals surface area contributed by atoms with Crippen LogP contribution < -0.4 is 0 Å². The summed E-state index contributed by atoms with van der Waals surface area (Å²) in [6, 6.07) is 4.38. The van der Waals surface area contributed by atoms with E-state index in [9.17, 15) is 8.78 Å². The molecule has 0 bridgehead atoms. The van der Waals surface area contributed by atoms with E-state index in [1.807, 2.05) is 0 Å². The SMILES string of the molecule is CC[C@H]1[C@@H](C)CCN1Cc1ccc(F)cc1F. The average molecular weight is 239 g/mol. The summed E-state index contributed by atoms with van der Waals surface area (Å²) < 4.78 is 26.4. The molecule has 1 aromatic carbocycles. The van der Waals surface area contributed by atoms with Crippen molar-refractivity contribution < 1.29 is 8.78 Å². The Kier molecular flexibility index (Phi) is 3.77. The zero-order chi connectivity index (χ0) is 12.4. The molecule has 1 nitrogen and oxygen atoms in total. The van der Waals surface area contributed by atoms with E-state index in [1.165, 1.54) is 12.5 Å². The molecule has 1 saturated heterocycles. The second kappa shape index (κ2) is 5.13. The Morgan fingerprint density at radius 1 is 1.35 bits per heavy atom. The first-order valence-electron chi connectivity index (χ1n) is 6.29. The lowest BCUT2D eigenvalue weighted by Gasteiger charge is -2.25. The zero-order valence-corrected chi connectivity index (χ0v) is 10.4. The normalized spacial score (nSPS) is 25.4. The fourth-order valence-corrected chi connectivity index (χ4v) is 2.81. The summed E-state index contributed by atoms with van der Waals surface area (Å²) in [5.74, 6) is -0.268. The molecule has 1 heterocycles. The van der Waals surface area contributed by atoms with Gasteiger partial charge in [0.15, 0.2) is 0 Å². The smallest absolute Gasteiger partial charge is 0.130 e. The van der Waals surface area contributed by atoms with E-state index in [0.717, 1.165) is 19.0 Å². The maximum absolute atomic E-state index is 13.6. The van der Waals surface area contributed by atoms with Gasteiger partial charge in [0, 0.05) is 24.2 Å². The topological polar surface area (TPSA) is 3.24 Å². The summed E-state index contributed by atoms with van der Waals surface area (Å²) in [7, 11) is 0. The summed E-state index contributed by atoms with van der Waals surface area (Å²) >= 11 is 0. The highest BCUT2D eigenvalue weighted by molar-refractivity contribution is 5.18. The highest BCUT2D eigenvalue weighted by Gasteiger charge is 2.29. The maximum atomic E-state index is 13.6. The van der Waals surface area contributed by atoms with Crippen LogP contribution in [0.3, 0.4) is 0 Å². The fourth-order valence-electron chi connectivity index (χ4n) is 2.81. The molecule has 2 rings (SSSR count). The molecule has 0 aromatic heterocycles. The molecule has 0 saturated carbocycles. The van der Waals surface area contributed by atoms with Gasteiger partial charge in [0.1, 0.15) is 11.6 Å². The molecule has 0 amide bonds. The van der Waals surface area contributed by atoms with Crippen LogP contribution in [0.5, 0.6) is 0 Å². The van der Waals surface area contributed by atoms with Gasteiger partial charge in [-0.25, -0.2) is 8.78 Å². The molecule has 3 heteroatoms. The van der Waals surface area contributed by atoms with Crippen LogP contribution in [0.4, 0.5) is 8.78 Å². The van der Waals surface area contributed by atoms with Crippen LogP contribution in [-0.4, -0.2) is 17.5 Å². The van der Waals surface area contributed by atoms with Gasteiger partial charge >= 0.3 is 0 Å². The van der Waals surface area contributed by atoms with Crippen molar-refractivity contribution in [2.45, 2.75) is 39.3 Å². The molecule has 0 unspecified atom stereocenters. The summed E-state index contributed by atoms with van der Waals surface area (Å²) in [4.78, 5) is 2.31. The molecule has 0 spiro atoms. The van der Waals surface area contributed by atoms with Crippen molar-refractivity contribution in [2.24, 2.45) is 5.92 Å². The number of halogens is 2. The van der Waals surface area contributed by atoms with E-state index in [4.69, 9.17) is 0 Å². The lowest BCUT2D eigenvalue weighted by atomic mass is 10.0. The van der Waals surface area contributed by atoms with Gasteiger partial charge in [-0.1, -0.05) is 19.9 Å². The van der Waals surface area contributed by atoms with Gasteiger partial charge in [-0.05, 0) is 31.4 Å². The number of hydrogen-bond acceptors (Lipinski definition) is 1. The van der Waals surface area contributed by atoms with Crippen LogP contribution in [0.25, 0.3) is 0 Å². The predicted octanol–water partition coefficient (Wildman–Crippen LogP) is 3.59. The minimum Gasteiger partial charge on any atom is -0.296 e. The Balaban J connectivity index is 2.10. The van der Waals surface area contributed by atoms with Gasteiger partial charge in [0.2, 0.25) is 0 Å². The largest absolute Gasteiger partial charge is 0.296 e. The van der Waals surface area contributed by atoms with Crippen molar-refractivity contribution >= 4 is 0 Å².